The fourth-order valence-corrected chi connectivity index (χ4v) is 3.10. The summed E-state index contributed by atoms with van der Waals surface area (Å²) in [6.45, 7) is 5.80. The van der Waals surface area contributed by atoms with Crippen LogP contribution in [0.5, 0.6) is 0 Å². The first-order valence-corrected chi connectivity index (χ1v) is 7.38. The quantitative estimate of drug-likeness (QED) is 0.904. The summed E-state index contributed by atoms with van der Waals surface area (Å²) >= 11 is 0. The molecule has 0 saturated carbocycles. The average molecular weight is 274 g/mol. The van der Waals surface area contributed by atoms with Crippen molar-refractivity contribution in [3.63, 3.8) is 0 Å². The third kappa shape index (κ3) is 3.02. The number of rotatable bonds is 3. The Labute approximate surface area is 120 Å². The Morgan fingerprint density at radius 3 is 3.10 bits per heavy atom. The van der Waals surface area contributed by atoms with Crippen molar-refractivity contribution in [3.8, 4) is 0 Å². The van der Waals surface area contributed by atoms with E-state index in [0.717, 1.165) is 26.1 Å². The number of benzene rings is 1. The van der Waals surface area contributed by atoms with Gasteiger partial charge in [0, 0.05) is 25.6 Å². The molecule has 2 fully saturated rings. The lowest BCUT2D eigenvalue weighted by Gasteiger charge is -2.35. The first-order chi connectivity index (χ1) is 9.72. The highest BCUT2D eigenvalue weighted by Crippen LogP contribution is 2.21. The first-order valence-electron chi connectivity index (χ1n) is 7.38. The molecule has 2 aliphatic heterocycles. The van der Waals surface area contributed by atoms with Gasteiger partial charge in [-0.2, -0.15) is 0 Å². The lowest BCUT2D eigenvalue weighted by molar-refractivity contribution is -0.152. The molecule has 0 aromatic heterocycles. The number of morpholine rings is 1. The number of carbonyl (C=O) groups excluding carboxylic acids is 1. The van der Waals surface area contributed by atoms with Gasteiger partial charge in [0.25, 0.3) is 0 Å². The van der Waals surface area contributed by atoms with Gasteiger partial charge >= 0.3 is 0 Å². The highest BCUT2D eigenvalue weighted by atomic mass is 16.5. The minimum absolute atomic E-state index is 0.105. The summed E-state index contributed by atoms with van der Waals surface area (Å²) in [5, 5.41) is 3.37. The van der Waals surface area contributed by atoms with Gasteiger partial charge in [0.05, 0.1) is 6.10 Å². The second-order valence-corrected chi connectivity index (χ2v) is 5.87. The van der Waals surface area contributed by atoms with Crippen LogP contribution in [0.2, 0.25) is 0 Å². The van der Waals surface area contributed by atoms with E-state index < -0.39 is 0 Å². The second kappa shape index (κ2) is 5.94. The van der Waals surface area contributed by atoms with Crippen LogP contribution in [0.15, 0.2) is 24.3 Å². The zero-order chi connectivity index (χ0) is 13.9. The van der Waals surface area contributed by atoms with Gasteiger partial charge in [-0.25, -0.2) is 0 Å². The van der Waals surface area contributed by atoms with Gasteiger partial charge in [-0.15, -0.1) is 0 Å². The van der Waals surface area contributed by atoms with E-state index >= 15 is 0 Å². The van der Waals surface area contributed by atoms with E-state index in [1.165, 1.54) is 11.1 Å². The Morgan fingerprint density at radius 2 is 2.35 bits per heavy atom. The largest absolute Gasteiger partial charge is 0.366 e. The van der Waals surface area contributed by atoms with E-state index in [1.807, 2.05) is 11.0 Å². The SMILES string of the molecule is Cc1cccc(CN2CC(C3CCNC3)OCC2=O)c1. The molecule has 0 bridgehead atoms. The molecule has 2 unspecified atom stereocenters. The van der Waals surface area contributed by atoms with Crippen LogP contribution < -0.4 is 5.32 Å². The minimum atomic E-state index is 0.105. The van der Waals surface area contributed by atoms with Crippen molar-refractivity contribution in [1.29, 1.82) is 0 Å². The van der Waals surface area contributed by atoms with Crippen molar-refractivity contribution in [2.45, 2.75) is 26.0 Å². The number of aryl methyl sites for hydroxylation is 1. The minimum Gasteiger partial charge on any atom is -0.366 e. The molecule has 2 saturated heterocycles. The summed E-state index contributed by atoms with van der Waals surface area (Å²) in [6.07, 6.45) is 1.34. The fraction of sp³-hybridized carbons (Fsp3) is 0.562. The van der Waals surface area contributed by atoms with Crippen LogP contribution in [0.3, 0.4) is 0 Å². The van der Waals surface area contributed by atoms with Crippen LogP contribution in [-0.2, 0) is 16.1 Å². The lowest BCUT2D eigenvalue weighted by atomic mass is 9.99. The van der Waals surface area contributed by atoms with Crippen LogP contribution in [-0.4, -0.2) is 43.2 Å². The molecule has 108 valence electrons. The van der Waals surface area contributed by atoms with E-state index in [4.69, 9.17) is 4.74 Å². The molecule has 2 aliphatic rings. The summed E-state index contributed by atoms with van der Waals surface area (Å²) in [4.78, 5) is 14.0. The second-order valence-electron chi connectivity index (χ2n) is 5.87. The van der Waals surface area contributed by atoms with Gasteiger partial charge in [0.1, 0.15) is 6.61 Å². The van der Waals surface area contributed by atoms with E-state index in [1.54, 1.807) is 0 Å². The van der Waals surface area contributed by atoms with Gasteiger partial charge in [-0.05, 0) is 25.5 Å². The number of ether oxygens (including phenoxy) is 1. The Morgan fingerprint density at radius 1 is 1.45 bits per heavy atom. The third-order valence-corrected chi connectivity index (χ3v) is 4.25. The molecule has 0 aliphatic carbocycles. The van der Waals surface area contributed by atoms with E-state index in [-0.39, 0.29) is 18.6 Å². The van der Waals surface area contributed by atoms with Crippen LogP contribution >= 0.6 is 0 Å². The average Bonchev–Trinajstić information content (AvgIpc) is 2.95. The van der Waals surface area contributed by atoms with Gasteiger partial charge in [0.15, 0.2) is 0 Å². The lowest BCUT2D eigenvalue weighted by Crippen LogP contribution is -2.49. The van der Waals surface area contributed by atoms with E-state index in [0.29, 0.717) is 12.5 Å². The number of amides is 1. The van der Waals surface area contributed by atoms with Crippen LogP contribution in [0.1, 0.15) is 17.5 Å². The first kappa shape index (κ1) is 13.6. The molecule has 2 heterocycles. The van der Waals surface area contributed by atoms with Gasteiger partial charge in [-0.1, -0.05) is 29.8 Å². The van der Waals surface area contributed by atoms with Crippen molar-refractivity contribution < 1.29 is 9.53 Å². The summed E-state index contributed by atoms with van der Waals surface area (Å²) < 4.78 is 5.73. The van der Waals surface area contributed by atoms with Gasteiger partial charge < -0.3 is 15.0 Å². The molecule has 3 rings (SSSR count). The summed E-state index contributed by atoms with van der Waals surface area (Å²) in [5.74, 6) is 0.650. The third-order valence-electron chi connectivity index (χ3n) is 4.25. The number of carbonyl (C=O) groups is 1. The summed E-state index contributed by atoms with van der Waals surface area (Å²) in [6, 6.07) is 8.36. The normalized spacial score (nSPS) is 27.1. The predicted molar refractivity (Wildman–Crippen MR) is 77.3 cm³/mol. The maximum absolute atomic E-state index is 12.0. The molecule has 1 aromatic rings. The van der Waals surface area contributed by atoms with Crippen molar-refractivity contribution in [3.05, 3.63) is 35.4 Å². The Hall–Kier alpha value is -1.39. The summed E-state index contributed by atoms with van der Waals surface area (Å²) in [5.41, 5.74) is 2.43. The number of nitrogens with zero attached hydrogens (tertiary/aromatic N) is 1. The number of nitrogens with one attached hydrogen (secondary N) is 1. The molecule has 2 atom stereocenters. The predicted octanol–water partition coefficient (Wildman–Crippen LogP) is 1.33. The molecule has 1 N–H and O–H groups in total. The fourth-order valence-electron chi connectivity index (χ4n) is 3.10. The monoisotopic (exact) mass is 274 g/mol. The number of hydrogen-bond donors (Lipinski definition) is 1. The molecule has 1 aromatic carbocycles. The molecule has 4 nitrogen and oxygen atoms in total. The van der Waals surface area contributed by atoms with Crippen molar-refractivity contribution in [1.82, 2.24) is 10.2 Å². The van der Waals surface area contributed by atoms with Crippen molar-refractivity contribution in [2.75, 3.05) is 26.2 Å². The zero-order valence-corrected chi connectivity index (χ0v) is 12.0. The maximum Gasteiger partial charge on any atom is 0.248 e. The Balaban J connectivity index is 1.66. The molecular formula is C16H22N2O2. The zero-order valence-electron chi connectivity index (χ0n) is 12.0. The topological polar surface area (TPSA) is 41.6 Å². The Bertz CT molecular complexity index is 483. The van der Waals surface area contributed by atoms with Crippen molar-refractivity contribution in [2.24, 2.45) is 5.92 Å². The molecule has 0 radical (unpaired) electrons. The van der Waals surface area contributed by atoms with Crippen molar-refractivity contribution >= 4 is 5.91 Å². The smallest absolute Gasteiger partial charge is 0.248 e. The molecule has 4 heteroatoms. The van der Waals surface area contributed by atoms with E-state index in [2.05, 4.69) is 30.4 Å². The highest BCUT2D eigenvalue weighted by molar-refractivity contribution is 5.78. The van der Waals surface area contributed by atoms with Gasteiger partial charge in [0.2, 0.25) is 5.91 Å². The van der Waals surface area contributed by atoms with Crippen LogP contribution in [0.4, 0.5) is 0 Å². The Kier molecular flexibility index (Phi) is 4.03. The van der Waals surface area contributed by atoms with E-state index in [9.17, 15) is 4.79 Å². The van der Waals surface area contributed by atoms with Crippen LogP contribution in [0.25, 0.3) is 0 Å². The molecular weight excluding hydrogens is 252 g/mol. The molecule has 1 amide bonds. The molecule has 20 heavy (non-hydrogen) atoms. The maximum atomic E-state index is 12.0. The number of hydrogen-bond acceptors (Lipinski definition) is 3. The molecule has 0 spiro atoms. The highest BCUT2D eigenvalue weighted by Gasteiger charge is 2.33. The summed E-state index contributed by atoms with van der Waals surface area (Å²) in [7, 11) is 0. The van der Waals surface area contributed by atoms with Gasteiger partial charge in [-0.3, -0.25) is 4.79 Å². The standard InChI is InChI=1S/C16H22N2O2/c1-12-3-2-4-13(7-12)9-18-10-15(20-11-16(18)19)14-5-6-17-8-14/h2-4,7,14-15,17H,5-6,8-11H2,1H3. The van der Waals surface area contributed by atoms with Crippen LogP contribution in [0, 0.1) is 12.8 Å².